The third-order valence-corrected chi connectivity index (χ3v) is 4.52. The molecule has 1 aliphatic rings. The van der Waals surface area contributed by atoms with Gasteiger partial charge in [0, 0.05) is 36.1 Å². The van der Waals surface area contributed by atoms with Crippen LogP contribution in [0.3, 0.4) is 0 Å². The number of nitrogens with two attached hydrogens (primary N) is 1. The summed E-state index contributed by atoms with van der Waals surface area (Å²) >= 11 is 1.50. The lowest BCUT2D eigenvalue weighted by molar-refractivity contribution is 0.668. The second kappa shape index (κ2) is 5.89. The van der Waals surface area contributed by atoms with Crippen LogP contribution in [0.1, 0.15) is 37.1 Å². The van der Waals surface area contributed by atoms with Gasteiger partial charge < -0.3 is 10.6 Å². The Balaban J connectivity index is 1.90. The Bertz CT molecular complexity index is 581. The quantitative estimate of drug-likeness (QED) is 0.918. The molecule has 2 aromatic rings. The lowest BCUT2D eigenvalue weighted by atomic mass is 9.98. The fourth-order valence-corrected chi connectivity index (χ4v) is 3.54. The van der Waals surface area contributed by atoms with Crippen molar-refractivity contribution in [2.75, 3.05) is 18.0 Å². The number of benzene rings is 1. The van der Waals surface area contributed by atoms with E-state index < -0.39 is 0 Å². The van der Waals surface area contributed by atoms with E-state index in [9.17, 15) is 0 Å². The molecule has 0 radical (unpaired) electrons. The second-order valence-electron chi connectivity index (χ2n) is 5.19. The number of para-hydroxylation sites is 1. The average molecular weight is 288 g/mol. The molecular weight excluding hydrogens is 268 g/mol. The van der Waals surface area contributed by atoms with E-state index in [0.717, 1.165) is 43.3 Å². The fourth-order valence-electron chi connectivity index (χ4n) is 2.80. The molecule has 0 saturated heterocycles. The zero-order valence-corrected chi connectivity index (χ0v) is 12.6. The third-order valence-electron chi connectivity index (χ3n) is 3.75. The number of rotatable bonds is 5. The minimum absolute atomic E-state index is 0.509. The molecule has 1 atom stereocenters. The lowest BCUT2D eigenvalue weighted by Gasteiger charge is -2.15. The van der Waals surface area contributed by atoms with Crippen LogP contribution in [0.25, 0.3) is 0 Å². The predicted molar refractivity (Wildman–Crippen MR) is 83.8 cm³/mol. The van der Waals surface area contributed by atoms with E-state index in [4.69, 9.17) is 5.73 Å². The van der Waals surface area contributed by atoms with Gasteiger partial charge >= 0.3 is 0 Å². The van der Waals surface area contributed by atoms with E-state index in [1.165, 1.54) is 22.8 Å². The number of fused-ring (bicyclic) bond motifs is 1. The number of anilines is 2. The third kappa shape index (κ3) is 2.43. The second-order valence-corrected chi connectivity index (χ2v) is 5.92. The molecule has 0 bridgehead atoms. The van der Waals surface area contributed by atoms with Crippen LogP contribution in [0.4, 0.5) is 10.8 Å². The van der Waals surface area contributed by atoms with E-state index in [0.29, 0.717) is 5.92 Å². The molecule has 5 heteroatoms. The topological polar surface area (TPSA) is 55.0 Å². The smallest absolute Gasteiger partial charge is 0.209 e. The molecule has 0 saturated carbocycles. The number of aryl methyl sites for hydroxylation is 1. The highest BCUT2D eigenvalue weighted by molar-refractivity contribution is 7.09. The van der Waals surface area contributed by atoms with Crippen LogP contribution in [0, 0.1) is 0 Å². The lowest BCUT2D eigenvalue weighted by Crippen LogP contribution is -2.17. The van der Waals surface area contributed by atoms with Crippen molar-refractivity contribution in [3.63, 3.8) is 0 Å². The molecule has 2 heterocycles. The maximum Gasteiger partial charge on any atom is 0.209 e. The van der Waals surface area contributed by atoms with Crippen molar-refractivity contribution in [1.82, 2.24) is 9.36 Å². The normalized spacial score (nSPS) is 17.5. The standard InChI is InChI=1S/C15H20N4S/c1-2-5-14-17-15(20-18-14)19-10-11(8-9-16)12-6-3-4-7-13(12)19/h3-4,6-7,11H,2,5,8-10,16H2,1H3. The minimum atomic E-state index is 0.509. The van der Waals surface area contributed by atoms with Gasteiger partial charge in [-0.15, -0.1) is 0 Å². The van der Waals surface area contributed by atoms with Gasteiger partial charge in [0.15, 0.2) is 0 Å². The van der Waals surface area contributed by atoms with Gasteiger partial charge in [0.05, 0.1) is 0 Å². The number of nitrogens with zero attached hydrogens (tertiary/aromatic N) is 3. The Kier molecular flexibility index (Phi) is 3.98. The van der Waals surface area contributed by atoms with Crippen molar-refractivity contribution >= 4 is 22.4 Å². The molecule has 1 aliphatic heterocycles. The van der Waals surface area contributed by atoms with E-state index in [1.807, 2.05) is 0 Å². The van der Waals surface area contributed by atoms with Crippen molar-refractivity contribution in [3.05, 3.63) is 35.7 Å². The highest BCUT2D eigenvalue weighted by atomic mass is 32.1. The Hall–Kier alpha value is -1.46. The van der Waals surface area contributed by atoms with Gasteiger partial charge in [-0.3, -0.25) is 0 Å². The van der Waals surface area contributed by atoms with Crippen LogP contribution >= 0.6 is 11.5 Å². The Morgan fingerprint density at radius 3 is 3.05 bits per heavy atom. The highest BCUT2D eigenvalue weighted by Crippen LogP contribution is 2.42. The maximum absolute atomic E-state index is 5.75. The predicted octanol–water partition coefficient (Wildman–Crippen LogP) is 3.07. The first-order valence-corrected chi connectivity index (χ1v) is 8.00. The monoisotopic (exact) mass is 288 g/mol. The van der Waals surface area contributed by atoms with Gasteiger partial charge in [0.1, 0.15) is 5.82 Å². The summed E-state index contributed by atoms with van der Waals surface area (Å²) in [5, 5.41) is 1.01. The van der Waals surface area contributed by atoms with E-state index in [-0.39, 0.29) is 0 Å². The van der Waals surface area contributed by atoms with E-state index in [1.54, 1.807) is 0 Å². The van der Waals surface area contributed by atoms with Crippen molar-refractivity contribution in [2.24, 2.45) is 5.73 Å². The molecule has 1 aromatic carbocycles. The fraction of sp³-hybridized carbons (Fsp3) is 0.467. The Morgan fingerprint density at radius 1 is 1.40 bits per heavy atom. The summed E-state index contributed by atoms with van der Waals surface area (Å²) in [6.45, 7) is 3.85. The van der Waals surface area contributed by atoms with Crippen molar-refractivity contribution < 1.29 is 0 Å². The maximum atomic E-state index is 5.75. The Labute approximate surface area is 123 Å². The molecule has 0 spiro atoms. The molecule has 20 heavy (non-hydrogen) atoms. The first kappa shape index (κ1) is 13.5. The number of hydrogen-bond donors (Lipinski definition) is 1. The number of hydrogen-bond acceptors (Lipinski definition) is 5. The summed E-state index contributed by atoms with van der Waals surface area (Å²) in [5.74, 6) is 1.47. The van der Waals surface area contributed by atoms with Crippen molar-refractivity contribution in [1.29, 1.82) is 0 Å². The summed E-state index contributed by atoms with van der Waals surface area (Å²) in [4.78, 5) is 6.98. The molecule has 3 rings (SSSR count). The molecule has 0 amide bonds. The van der Waals surface area contributed by atoms with E-state index in [2.05, 4.69) is 45.4 Å². The molecule has 0 aliphatic carbocycles. The van der Waals surface area contributed by atoms with Gasteiger partial charge in [-0.1, -0.05) is 25.1 Å². The van der Waals surface area contributed by atoms with Gasteiger partial charge in [0.25, 0.3) is 0 Å². The molecular formula is C15H20N4S. The summed E-state index contributed by atoms with van der Waals surface area (Å²) in [7, 11) is 0. The van der Waals surface area contributed by atoms with Crippen molar-refractivity contribution in [3.8, 4) is 0 Å². The summed E-state index contributed by atoms with van der Waals surface area (Å²) < 4.78 is 4.46. The van der Waals surface area contributed by atoms with Crippen LogP contribution in [-0.4, -0.2) is 22.4 Å². The van der Waals surface area contributed by atoms with Crippen LogP contribution < -0.4 is 10.6 Å². The summed E-state index contributed by atoms with van der Waals surface area (Å²) in [6.07, 6.45) is 3.06. The van der Waals surface area contributed by atoms with Crippen molar-refractivity contribution in [2.45, 2.75) is 32.1 Å². The largest absolute Gasteiger partial charge is 0.330 e. The molecule has 1 aromatic heterocycles. The molecule has 106 valence electrons. The number of aromatic nitrogens is 2. The zero-order chi connectivity index (χ0) is 13.9. The summed E-state index contributed by atoms with van der Waals surface area (Å²) in [5.41, 5.74) is 8.41. The minimum Gasteiger partial charge on any atom is -0.330 e. The molecule has 1 unspecified atom stereocenters. The van der Waals surface area contributed by atoms with Gasteiger partial charge in [-0.2, -0.15) is 4.37 Å². The SMILES string of the molecule is CCCc1nsc(N2CC(CCN)c3ccccc32)n1. The first-order chi connectivity index (χ1) is 9.83. The molecule has 0 fully saturated rings. The molecule has 2 N–H and O–H groups in total. The first-order valence-electron chi connectivity index (χ1n) is 7.22. The van der Waals surface area contributed by atoms with Gasteiger partial charge in [-0.25, -0.2) is 4.98 Å². The molecule has 4 nitrogen and oxygen atoms in total. The van der Waals surface area contributed by atoms with Crippen LogP contribution in [0.15, 0.2) is 24.3 Å². The van der Waals surface area contributed by atoms with Crippen LogP contribution in [0.2, 0.25) is 0 Å². The zero-order valence-electron chi connectivity index (χ0n) is 11.7. The van der Waals surface area contributed by atoms with Crippen LogP contribution in [0.5, 0.6) is 0 Å². The van der Waals surface area contributed by atoms with Gasteiger partial charge in [-0.05, 0) is 31.0 Å². The summed E-state index contributed by atoms with van der Waals surface area (Å²) in [6, 6.07) is 8.58. The van der Waals surface area contributed by atoms with Crippen LogP contribution in [-0.2, 0) is 6.42 Å². The average Bonchev–Trinajstić information content (AvgIpc) is 3.05. The van der Waals surface area contributed by atoms with E-state index >= 15 is 0 Å². The Morgan fingerprint density at radius 2 is 2.25 bits per heavy atom. The highest BCUT2D eigenvalue weighted by Gasteiger charge is 2.30. The van der Waals surface area contributed by atoms with Gasteiger partial charge in [0.2, 0.25) is 5.13 Å².